The Morgan fingerprint density at radius 3 is 2.26 bits per heavy atom. The third-order valence-electron chi connectivity index (χ3n) is 2.93. The van der Waals surface area contributed by atoms with E-state index in [0.29, 0.717) is 12.8 Å². The first-order valence-corrected chi connectivity index (χ1v) is 8.28. The van der Waals surface area contributed by atoms with Crippen LogP contribution in [0.15, 0.2) is 0 Å². The maximum atomic E-state index is 12.1. The van der Waals surface area contributed by atoms with Crippen LogP contribution in [0.25, 0.3) is 0 Å². The molecule has 6 nitrogen and oxygen atoms in total. The number of nitrogens with zero attached hydrogens (tertiary/aromatic N) is 1. The standard InChI is InChI=1S/C12H23NO5S/c1-12(2,3)18-11(15)13(6-7-14)10-4-8-19(16,17)9-5-10/h10,14H,4-9H2,1-3H3. The fourth-order valence-electron chi connectivity index (χ4n) is 2.04. The monoisotopic (exact) mass is 293 g/mol. The summed E-state index contributed by atoms with van der Waals surface area (Å²) in [5.74, 6) is 0.171. The lowest BCUT2D eigenvalue weighted by Gasteiger charge is -2.35. The van der Waals surface area contributed by atoms with Gasteiger partial charge in [-0.25, -0.2) is 13.2 Å². The Balaban J connectivity index is 2.70. The lowest BCUT2D eigenvalue weighted by Crippen LogP contribution is -2.47. The SMILES string of the molecule is CC(C)(C)OC(=O)N(CCO)C1CCS(=O)(=O)CC1. The molecule has 0 aliphatic carbocycles. The number of carbonyl (C=O) groups excluding carboxylic acids is 1. The molecular formula is C12H23NO5S. The molecule has 1 aliphatic rings. The van der Waals surface area contributed by atoms with Crippen molar-refractivity contribution in [3.8, 4) is 0 Å². The van der Waals surface area contributed by atoms with Gasteiger partial charge in [-0.3, -0.25) is 0 Å². The third-order valence-corrected chi connectivity index (χ3v) is 4.65. The Morgan fingerprint density at radius 2 is 1.84 bits per heavy atom. The summed E-state index contributed by atoms with van der Waals surface area (Å²) >= 11 is 0. The maximum Gasteiger partial charge on any atom is 0.410 e. The van der Waals surface area contributed by atoms with Gasteiger partial charge < -0.3 is 14.7 Å². The molecule has 1 saturated heterocycles. The average Bonchev–Trinajstić information content (AvgIpc) is 2.24. The maximum absolute atomic E-state index is 12.1. The molecule has 0 radical (unpaired) electrons. The number of aliphatic hydroxyl groups is 1. The van der Waals surface area contributed by atoms with Gasteiger partial charge in [0.2, 0.25) is 0 Å². The van der Waals surface area contributed by atoms with Crippen molar-refractivity contribution in [1.29, 1.82) is 0 Å². The lowest BCUT2D eigenvalue weighted by molar-refractivity contribution is 0.0112. The van der Waals surface area contributed by atoms with Gasteiger partial charge in [-0.1, -0.05) is 0 Å². The molecule has 1 N–H and O–H groups in total. The summed E-state index contributed by atoms with van der Waals surface area (Å²) in [6.07, 6.45) is 0.314. The van der Waals surface area contributed by atoms with Crippen LogP contribution >= 0.6 is 0 Å². The van der Waals surface area contributed by atoms with Crippen LogP contribution in [0.2, 0.25) is 0 Å². The van der Waals surface area contributed by atoms with Gasteiger partial charge in [0.05, 0.1) is 18.1 Å². The quantitative estimate of drug-likeness (QED) is 0.832. The number of carbonyl (C=O) groups is 1. The highest BCUT2D eigenvalue weighted by Crippen LogP contribution is 2.20. The van der Waals surface area contributed by atoms with Crippen LogP contribution in [0.3, 0.4) is 0 Å². The van der Waals surface area contributed by atoms with Crippen LogP contribution in [0.1, 0.15) is 33.6 Å². The van der Waals surface area contributed by atoms with Crippen molar-refractivity contribution < 1.29 is 23.1 Å². The number of sulfone groups is 1. The molecular weight excluding hydrogens is 270 g/mol. The Labute approximate surface area is 114 Å². The topological polar surface area (TPSA) is 83.9 Å². The molecule has 0 spiro atoms. The van der Waals surface area contributed by atoms with Gasteiger partial charge >= 0.3 is 6.09 Å². The van der Waals surface area contributed by atoms with Crippen molar-refractivity contribution in [2.24, 2.45) is 0 Å². The minimum absolute atomic E-state index is 0.0857. The predicted molar refractivity (Wildman–Crippen MR) is 71.7 cm³/mol. The Kier molecular flexibility index (Phi) is 5.20. The molecule has 1 aliphatic heterocycles. The second-order valence-corrected chi connectivity index (χ2v) is 8.08. The Morgan fingerprint density at radius 1 is 1.32 bits per heavy atom. The van der Waals surface area contributed by atoms with Crippen LogP contribution in [0, 0.1) is 0 Å². The van der Waals surface area contributed by atoms with Crippen molar-refractivity contribution in [2.45, 2.75) is 45.3 Å². The molecule has 1 amide bonds. The third kappa shape index (κ3) is 5.36. The van der Waals surface area contributed by atoms with E-state index in [-0.39, 0.29) is 30.7 Å². The molecule has 0 atom stereocenters. The Hall–Kier alpha value is -0.820. The van der Waals surface area contributed by atoms with E-state index >= 15 is 0 Å². The van der Waals surface area contributed by atoms with Gasteiger partial charge in [0.1, 0.15) is 15.4 Å². The van der Waals surface area contributed by atoms with Gasteiger partial charge in [0, 0.05) is 12.6 Å². The number of aliphatic hydroxyl groups excluding tert-OH is 1. The largest absolute Gasteiger partial charge is 0.444 e. The zero-order valence-corrected chi connectivity index (χ0v) is 12.6. The highest BCUT2D eigenvalue weighted by molar-refractivity contribution is 7.91. The van der Waals surface area contributed by atoms with Gasteiger partial charge in [0.25, 0.3) is 0 Å². The zero-order valence-electron chi connectivity index (χ0n) is 11.8. The summed E-state index contributed by atoms with van der Waals surface area (Å²) in [5, 5.41) is 9.05. The smallest absolute Gasteiger partial charge is 0.410 e. The highest BCUT2D eigenvalue weighted by atomic mass is 32.2. The van der Waals surface area contributed by atoms with E-state index in [1.54, 1.807) is 20.8 Å². The molecule has 19 heavy (non-hydrogen) atoms. The molecule has 112 valence electrons. The van der Waals surface area contributed by atoms with Crippen molar-refractivity contribution >= 4 is 15.9 Å². The number of amides is 1. The lowest BCUT2D eigenvalue weighted by atomic mass is 10.1. The first kappa shape index (κ1) is 16.2. The van der Waals surface area contributed by atoms with Crippen LogP contribution in [0.5, 0.6) is 0 Å². The van der Waals surface area contributed by atoms with Gasteiger partial charge in [-0.15, -0.1) is 0 Å². The second-order valence-electron chi connectivity index (χ2n) is 5.78. The molecule has 0 aromatic rings. The number of ether oxygens (including phenoxy) is 1. The predicted octanol–water partition coefficient (Wildman–Crippen LogP) is 0.793. The first-order chi connectivity index (χ1) is 8.64. The number of hydrogen-bond donors (Lipinski definition) is 1. The van der Waals surface area contributed by atoms with E-state index in [0.717, 1.165) is 0 Å². The summed E-state index contributed by atoms with van der Waals surface area (Å²) < 4.78 is 28.1. The van der Waals surface area contributed by atoms with Crippen LogP contribution in [-0.2, 0) is 14.6 Å². The molecule has 0 unspecified atom stereocenters. The fourth-order valence-corrected chi connectivity index (χ4v) is 3.51. The average molecular weight is 293 g/mol. The molecule has 1 fully saturated rings. The summed E-state index contributed by atoms with van der Waals surface area (Å²) in [7, 11) is -2.97. The number of rotatable bonds is 3. The van der Waals surface area contributed by atoms with Crippen molar-refractivity contribution in [3.05, 3.63) is 0 Å². The van der Waals surface area contributed by atoms with Crippen LogP contribution in [0.4, 0.5) is 4.79 Å². The summed E-state index contributed by atoms with van der Waals surface area (Å²) in [5.41, 5.74) is -0.606. The normalized spacial score (nSPS) is 20.0. The van der Waals surface area contributed by atoms with Crippen molar-refractivity contribution in [2.75, 3.05) is 24.7 Å². The van der Waals surface area contributed by atoms with E-state index in [1.807, 2.05) is 0 Å². The fraction of sp³-hybridized carbons (Fsp3) is 0.917. The first-order valence-electron chi connectivity index (χ1n) is 6.45. The number of hydrogen-bond acceptors (Lipinski definition) is 5. The minimum Gasteiger partial charge on any atom is -0.444 e. The van der Waals surface area contributed by atoms with Gasteiger partial charge in [-0.05, 0) is 33.6 Å². The van der Waals surface area contributed by atoms with Crippen LogP contribution < -0.4 is 0 Å². The van der Waals surface area contributed by atoms with E-state index in [2.05, 4.69) is 0 Å². The van der Waals surface area contributed by atoms with E-state index in [9.17, 15) is 13.2 Å². The molecule has 1 rings (SSSR count). The molecule has 0 aromatic carbocycles. The van der Waals surface area contributed by atoms with Gasteiger partial charge in [0.15, 0.2) is 0 Å². The van der Waals surface area contributed by atoms with E-state index < -0.39 is 21.5 Å². The molecule has 0 aromatic heterocycles. The van der Waals surface area contributed by atoms with E-state index in [4.69, 9.17) is 9.84 Å². The minimum atomic E-state index is -2.97. The highest BCUT2D eigenvalue weighted by Gasteiger charge is 2.32. The summed E-state index contributed by atoms with van der Waals surface area (Å²) in [6, 6.07) is -0.175. The Bertz CT molecular complexity index is 398. The molecule has 0 saturated carbocycles. The summed E-state index contributed by atoms with van der Waals surface area (Å²) in [4.78, 5) is 13.5. The molecule has 1 heterocycles. The summed E-state index contributed by atoms with van der Waals surface area (Å²) in [6.45, 7) is 5.32. The molecule has 7 heteroatoms. The van der Waals surface area contributed by atoms with Crippen molar-refractivity contribution in [3.63, 3.8) is 0 Å². The van der Waals surface area contributed by atoms with Gasteiger partial charge in [-0.2, -0.15) is 0 Å². The van der Waals surface area contributed by atoms with Crippen LogP contribution in [-0.4, -0.2) is 60.8 Å². The second kappa shape index (κ2) is 6.09. The zero-order chi connectivity index (χ0) is 14.7. The molecule has 0 bridgehead atoms. The van der Waals surface area contributed by atoms with Crippen molar-refractivity contribution in [1.82, 2.24) is 4.90 Å². The van der Waals surface area contributed by atoms with E-state index in [1.165, 1.54) is 4.90 Å².